The number of nitrogens with one attached hydrogen (secondary N) is 1. The lowest BCUT2D eigenvalue weighted by atomic mass is 9.98. The summed E-state index contributed by atoms with van der Waals surface area (Å²) in [4.78, 5) is 23.8. The molecule has 0 bridgehead atoms. The lowest BCUT2D eigenvalue weighted by molar-refractivity contribution is -0.121. The van der Waals surface area contributed by atoms with Gasteiger partial charge in [0.05, 0.1) is 6.54 Å². The fraction of sp³-hybridized carbons (Fsp3) is 0.250. The summed E-state index contributed by atoms with van der Waals surface area (Å²) in [5.74, 6) is -0.809. The van der Waals surface area contributed by atoms with E-state index in [2.05, 4.69) is 5.32 Å². The minimum absolute atomic E-state index is 0.0309. The highest BCUT2D eigenvalue weighted by Crippen LogP contribution is 2.19. The van der Waals surface area contributed by atoms with Crippen LogP contribution in [-0.2, 0) is 11.3 Å². The Bertz CT molecular complexity index is 621. The van der Waals surface area contributed by atoms with Crippen LogP contribution in [0.3, 0.4) is 0 Å². The normalized spacial score (nSPS) is 11.9. The Morgan fingerprint density at radius 1 is 1.19 bits per heavy atom. The van der Waals surface area contributed by atoms with Crippen LogP contribution in [0.2, 0.25) is 0 Å². The van der Waals surface area contributed by atoms with Gasteiger partial charge in [0.2, 0.25) is 5.91 Å². The maximum absolute atomic E-state index is 11.9. The Morgan fingerprint density at radius 2 is 1.90 bits per heavy atom. The lowest BCUT2D eigenvalue weighted by Crippen LogP contribution is -2.23. The summed E-state index contributed by atoms with van der Waals surface area (Å²) in [7, 11) is 0. The Morgan fingerprint density at radius 3 is 2.52 bits per heavy atom. The molecule has 1 heterocycles. The minimum Gasteiger partial charge on any atom is -0.477 e. The third-order valence-corrected chi connectivity index (χ3v) is 4.27. The first-order valence-electron chi connectivity index (χ1n) is 6.70. The second-order valence-electron chi connectivity index (χ2n) is 4.86. The van der Waals surface area contributed by atoms with Gasteiger partial charge in [0.15, 0.2) is 0 Å². The molecule has 0 saturated carbocycles. The number of thiophene rings is 1. The summed E-state index contributed by atoms with van der Waals surface area (Å²) in [5, 5.41) is 11.7. The molecule has 2 aromatic rings. The van der Waals surface area contributed by atoms with Crippen molar-refractivity contribution >= 4 is 23.2 Å². The van der Waals surface area contributed by atoms with Crippen LogP contribution < -0.4 is 5.32 Å². The highest BCUT2D eigenvalue weighted by molar-refractivity contribution is 7.13. The van der Waals surface area contributed by atoms with E-state index >= 15 is 0 Å². The molecule has 0 fully saturated rings. The maximum Gasteiger partial charge on any atom is 0.345 e. The third-order valence-electron chi connectivity index (χ3n) is 3.19. The molecule has 2 N–H and O–H groups in total. The molecule has 0 aliphatic heterocycles. The van der Waals surface area contributed by atoms with E-state index in [1.54, 1.807) is 12.1 Å². The van der Waals surface area contributed by atoms with Gasteiger partial charge >= 0.3 is 5.97 Å². The molecule has 1 aromatic carbocycles. The van der Waals surface area contributed by atoms with Crippen molar-refractivity contribution in [1.29, 1.82) is 0 Å². The van der Waals surface area contributed by atoms with Gasteiger partial charge in [0.25, 0.3) is 0 Å². The molecular weight excluding hydrogens is 286 g/mol. The molecular formula is C16H17NO3S. The van der Waals surface area contributed by atoms with Gasteiger partial charge in [-0.1, -0.05) is 37.3 Å². The molecule has 5 heteroatoms. The average molecular weight is 303 g/mol. The van der Waals surface area contributed by atoms with Crippen LogP contribution in [-0.4, -0.2) is 17.0 Å². The zero-order valence-corrected chi connectivity index (χ0v) is 12.5. The maximum atomic E-state index is 11.9. The Labute approximate surface area is 127 Å². The summed E-state index contributed by atoms with van der Waals surface area (Å²) >= 11 is 1.18. The smallest absolute Gasteiger partial charge is 0.345 e. The molecule has 0 aliphatic rings. The van der Waals surface area contributed by atoms with E-state index in [0.29, 0.717) is 13.0 Å². The zero-order chi connectivity index (χ0) is 15.2. The molecule has 0 spiro atoms. The molecule has 110 valence electrons. The zero-order valence-electron chi connectivity index (χ0n) is 11.7. The van der Waals surface area contributed by atoms with Crippen LogP contribution in [0.4, 0.5) is 0 Å². The van der Waals surface area contributed by atoms with E-state index in [1.807, 2.05) is 37.3 Å². The van der Waals surface area contributed by atoms with Crippen LogP contribution in [0.15, 0.2) is 42.5 Å². The largest absolute Gasteiger partial charge is 0.477 e. The molecule has 1 unspecified atom stereocenters. The molecule has 2 rings (SSSR count). The number of rotatable bonds is 6. The van der Waals surface area contributed by atoms with Crippen molar-refractivity contribution in [2.75, 3.05) is 0 Å². The molecule has 0 radical (unpaired) electrons. The Hall–Kier alpha value is -2.14. The monoisotopic (exact) mass is 303 g/mol. The quantitative estimate of drug-likeness (QED) is 0.861. The molecule has 0 aliphatic carbocycles. The number of carboxylic acid groups (broad SMARTS) is 1. The summed E-state index contributed by atoms with van der Waals surface area (Å²) in [6, 6.07) is 13.2. The van der Waals surface area contributed by atoms with Crippen molar-refractivity contribution in [3.8, 4) is 0 Å². The third kappa shape index (κ3) is 4.43. The van der Waals surface area contributed by atoms with E-state index in [4.69, 9.17) is 5.11 Å². The van der Waals surface area contributed by atoms with Gasteiger partial charge in [0.1, 0.15) is 4.88 Å². The highest BCUT2D eigenvalue weighted by atomic mass is 32.1. The molecule has 21 heavy (non-hydrogen) atoms. The number of hydrogen-bond acceptors (Lipinski definition) is 3. The van der Waals surface area contributed by atoms with Crippen molar-refractivity contribution in [3.05, 3.63) is 57.8 Å². The SMILES string of the molecule is CC(CC(=O)NCc1ccc(C(=O)O)s1)c1ccccc1. The van der Waals surface area contributed by atoms with Crippen LogP contribution in [0, 0.1) is 0 Å². The van der Waals surface area contributed by atoms with Crippen molar-refractivity contribution in [1.82, 2.24) is 5.32 Å². The number of hydrogen-bond donors (Lipinski definition) is 2. The van der Waals surface area contributed by atoms with Gasteiger partial charge in [-0.3, -0.25) is 4.79 Å². The van der Waals surface area contributed by atoms with E-state index in [0.717, 1.165) is 10.4 Å². The first kappa shape index (κ1) is 15.3. The van der Waals surface area contributed by atoms with Crippen molar-refractivity contribution in [2.45, 2.75) is 25.8 Å². The van der Waals surface area contributed by atoms with Crippen LogP contribution in [0.1, 0.15) is 39.4 Å². The summed E-state index contributed by atoms with van der Waals surface area (Å²) < 4.78 is 0. The van der Waals surface area contributed by atoms with Gasteiger partial charge in [-0.15, -0.1) is 11.3 Å². The summed E-state index contributed by atoms with van der Waals surface area (Å²) in [5.41, 5.74) is 1.14. The molecule has 1 atom stereocenters. The summed E-state index contributed by atoms with van der Waals surface area (Å²) in [6.45, 7) is 2.39. The average Bonchev–Trinajstić information content (AvgIpc) is 2.95. The first-order valence-corrected chi connectivity index (χ1v) is 7.51. The fourth-order valence-corrected chi connectivity index (χ4v) is 2.81. The number of aromatic carboxylic acids is 1. The van der Waals surface area contributed by atoms with Gasteiger partial charge in [-0.25, -0.2) is 4.79 Å². The highest BCUT2D eigenvalue weighted by Gasteiger charge is 2.12. The number of carbonyl (C=O) groups excluding carboxylic acids is 1. The van der Waals surface area contributed by atoms with Crippen molar-refractivity contribution in [2.24, 2.45) is 0 Å². The number of benzene rings is 1. The van der Waals surface area contributed by atoms with Gasteiger partial charge in [-0.05, 0) is 23.6 Å². The second-order valence-corrected chi connectivity index (χ2v) is 6.03. The van der Waals surface area contributed by atoms with Gasteiger partial charge in [0, 0.05) is 11.3 Å². The van der Waals surface area contributed by atoms with E-state index < -0.39 is 5.97 Å². The van der Waals surface area contributed by atoms with Crippen molar-refractivity contribution in [3.63, 3.8) is 0 Å². The topological polar surface area (TPSA) is 66.4 Å². The lowest BCUT2D eigenvalue weighted by Gasteiger charge is -2.11. The van der Waals surface area contributed by atoms with Crippen molar-refractivity contribution < 1.29 is 14.7 Å². The van der Waals surface area contributed by atoms with E-state index in [9.17, 15) is 9.59 Å². The molecule has 1 aromatic heterocycles. The molecule has 4 nitrogen and oxygen atoms in total. The predicted octanol–water partition coefficient (Wildman–Crippen LogP) is 3.26. The van der Waals surface area contributed by atoms with E-state index in [1.165, 1.54) is 11.3 Å². The number of carbonyl (C=O) groups is 2. The van der Waals surface area contributed by atoms with Gasteiger partial charge in [-0.2, -0.15) is 0 Å². The standard InChI is InChI=1S/C16H17NO3S/c1-11(12-5-3-2-4-6-12)9-15(18)17-10-13-7-8-14(21-13)16(19)20/h2-8,11H,9-10H2,1H3,(H,17,18)(H,19,20). The second kappa shape index (κ2) is 7.04. The van der Waals surface area contributed by atoms with Crippen LogP contribution in [0.25, 0.3) is 0 Å². The molecule has 1 amide bonds. The first-order chi connectivity index (χ1) is 10.1. The van der Waals surface area contributed by atoms with Gasteiger partial charge < -0.3 is 10.4 Å². The predicted molar refractivity (Wildman–Crippen MR) is 82.6 cm³/mol. The fourth-order valence-electron chi connectivity index (χ4n) is 2.02. The number of amides is 1. The van der Waals surface area contributed by atoms with Crippen LogP contribution in [0.5, 0.6) is 0 Å². The minimum atomic E-state index is -0.935. The van der Waals surface area contributed by atoms with Crippen LogP contribution >= 0.6 is 11.3 Å². The summed E-state index contributed by atoms with van der Waals surface area (Å²) in [6.07, 6.45) is 0.418. The van der Waals surface area contributed by atoms with E-state index in [-0.39, 0.29) is 16.7 Å². The molecule has 0 saturated heterocycles. The Balaban J connectivity index is 1.83. The number of carboxylic acids is 1. The Kier molecular flexibility index (Phi) is 5.11.